The summed E-state index contributed by atoms with van der Waals surface area (Å²) in [6.45, 7) is 4.80. The van der Waals surface area contributed by atoms with Crippen molar-refractivity contribution in [2.45, 2.75) is 38.8 Å². The van der Waals surface area contributed by atoms with Crippen molar-refractivity contribution in [2.24, 2.45) is 5.92 Å². The van der Waals surface area contributed by atoms with Gasteiger partial charge in [-0.25, -0.2) is 8.42 Å². The van der Waals surface area contributed by atoms with Gasteiger partial charge in [0.25, 0.3) is 5.91 Å². The maximum Gasteiger partial charge on any atom is 0.291 e. The number of carbonyl (C=O) groups is 1. The summed E-state index contributed by atoms with van der Waals surface area (Å²) in [7, 11) is -3.25. The lowest BCUT2D eigenvalue weighted by molar-refractivity contribution is 0.0662. The van der Waals surface area contributed by atoms with E-state index in [-0.39, 0.29) is 28.3 Å². The Bertz CT molecular complexity index is 1420. The summed E-state index contributed by atoms with van der Waals surface area (Å²) in [5, 5.41) is 0.393. The second-order valence-corrected chi connectivity index (χ2v) is 11.7. The molecule has 0 unspecified atom stereocenters. The number of hydrogen-bond donors (Lipinski definition) is 0. The van der Waals surface area contributed by atoms with Gasteiger partial charge in [-0.1, -0.05) is 38.1 Å². The monoisotopic (exact) mass is 481 g/mol. The van der Waals surface area contributed by atoms with Gasteiger partial charge in [0, 0.05) is 6.04 Å². The third-order valence-corrected chi connectivity index (χ3v) is 8.30. The SMILES string of the molecule is CC(C)CCOc1cccc([C@H]2c3c(oc4ccccc4c3=O)C(=O)N2[C@@H]2CCS(=O)(=O)C2)c1. The van der Waals surface area contributed by atoms with Gasteiger partial charge in [0.2, 0.25) is 5.76 Å². The van der Waals surface area contributed by atoms with Crippen LogP contribution in [0.1, 0.15) is 54.4 Å². The van der Waals surface area contributed by atoms with Crippen molar-refractivity contribution in [1.82, 2.24) is 4.90 Å². The normalized spacial score (nSPS) is 21.4. The fourth-order valence-corrected chi connectivity index (χ4v) is 6.53. The Balaban J connectivity index is 1.63. The second-order valence-electron chi connectivity index (χ2n) is 9.45. The summed E-state index contributed by atoms with van der Waals surface area (Å²) in [5.41, 5.74) is 1.02. The smallest absolute Gasteiger partial charge is 0.291 e. The first kappa shape index (κ1) is 22.7. The molecule has 5 rings (SSSR count). The molecule has 0 saturated carbocycles. The van der Waals surface area contributed by atoms with Crippen molar-refractivity contribution in [3.05, 3.63) is 75.6 Å². The number of carbonyl (C=O) groups excluding carboxylic acids is 1. The van der Waals surface area contributed by atoms with Gasteiger partial charge in [-0.15, -0.1) is 0 Å². The van der Waals surface area contributed by atoms with E-state index in [0.29, 0.717) is 41.2 Å². The maximum absolute atomic E-state index is 13.6. The van der Waals surface area contributed by atoms with Crippen molar-refractivity contribution in [2.75, 3.05) is 18.1 Å². The highest BCUT2D eigenvalue weighted by Crippen LogP contribution is 2.42. The predicted octanol–water partition coefficient (Wildman–Crippen LogP) is 3.95. The molecule has 2 aliphatic heterocycles. The summed E-state index contributed by atoms with van der Waals surface area (Å²) in [6.07, 6.45) is 1.23. The summed E-state index contributed by atoms with van der Waals surface area (Å²) in [4.78, 5) is 28.7. The number of rotatable bonds is 6. The zero-order valence-corrected chi connectivity index (χ0v) is 20.0. The molecular weight excluding hydrogens is 454 g/mol. The minimum Gasteiger partial charge on any atom is -0.494 e. The predicted molar refractivity (Wildman–Crippen MR) is 129 cm³/mol. The summed E-state index contributed by atoms with van der Waals surface area (Å²) in [5.74, 6) is 0.581. The second kappa shape index (κ2) is 8.58. The minimum atomic E-state index is -3.25. The molecule has 2 aliphatic rings. The molecule has 3 aromatic rings. The average Bonchev–Trinajstić information content (AvgIpc) is 3.30. The van der Waals surface area contributed by atoms with E-state index in [1.54, 1.807) is 24.3 Å². The van der Waals surface area contributed by atoms with Gasteiger partial charge < -0.3 is 14.1 Å². The Morgan fingerprint density at radius 1 is 1.12 bits per heavy atom. The molecule has 2 atom stereocenters. The Morgan fingerprint density at radius 2 is 1.91 bits per heavy atom. The van der Waals surface area contributed by atoms with Gasteiger partial charge in [-0.2, -0.15) is 0 Å². The number of hydrogen-bond acceptors (Lipinski definition) is 6. The van der Waals surface area contributed by atoms with Crippen LogP contribution < -0.4 is 10.2 Å². The summed E-state index contributed by atoms with van der Waals surface area (Å²) in [6, 6.07) is 12.9. The molecular formula is C26H27NO6S. The number of amides is 1. The van der Waals surface area contributed by atoms with Crippen molar-refractivity contribution in [1.29, 1.82) is 0 Å². The number of para-hydroxylation sites is 1. The van der Waals surface area contributed by atoms with E-state index in [4.69, 9.17) is 9.15 Å². The molecule has 34 heavy (non-hydrogen) atoms. The van der Waals surface area contributed by atoms with Crippen LogP contribution in [-0.4, -0.2) is 43.4 Å². The van der Waals surface area contributed by atoms with Crippen molar-refractivity contribution < 1.29 is 22.4 Å². The Kier molecular flexibility index (Phi) is 5.72. The molecule has 1 saturated heterocycles. The van der Waals surface area contributed by atoms with Crippen LogP contribution in [0.25, 0.3) is 11.0 Å². The van der Waals surface area contributed by atoms with Crippen molar-refractivity contribution in [3.8, 4) is 5.75 Å². The molecule has 3 heterocycles. The van der Waals surface area contributed by atoms with E-state index >= 15 is 0 Å². The summed E-state index contributed by atoms with van der Waals surface area (Å²) < 4.78 is 36.4. The molecule has 0 aliphatic carbocycles. The van der Waals surface area contributed by atoms with Crippen LogP contribution in [-0.2, 0) is 9.84 Å². The Morgan fingerprint density at radius 3 is 2.65 bits per heavy atom. The van der Waals surface area contributed by atoms with E-state index < -0.39 is 27.8 Å². The van der Waals surface area contributed by atoms with E-state index in [1.165, 1.54) is 4.90 Å². The lowest BCUT2D eigenvalue weighted by Crippen LogP contribution is -2.40. The molecule has 1 aromatic heterocycles. The van der Waals surface area contributed by atoms with Gasteiger partial charge in [-0.05, 0) is 48.6 Å². The van der Waals surface area contributed by atoms with Crippen LogP contribution in [0.3, 0.4) is 0 Å². The quantitative estimate of drug-likeness (QED) is 0.529. The third kappa shape index (κ3) is 4.00. The van der Waals surface area contributed by atoms with Crippen LogP contribution >= 0.6 is 0 Å². The maximum atomic E-state index is 13.6. The number of ether oxygens (including phenoxy) is 1. The van der Waals surface area contributed by atoms with Crippen molar-refractivity contribution >= 4 is 26.7 Å². The zero-order chi connectivity index (χ0) is 24.0. The Labute approximate surface area is 198 Å². The standard InChI is InChI=1S/C26H27NO6S/c1-16(2)10-12-32-19-7-5-6-17(14-19)23-22-24(28)20-8-3-4-9-21(20)33-25(22)26(29)27(23)18-11-13-34(30,31)15-18/h3-9,14,16,18,23H,10-13,15H2,1-2H3/t18-,23+/m1/s1. The largest absolute Gasteiger partial charge is 0.494 e. The number of benzene rings is 2. The topological polar surface area (TPSA) is 93.9 Å². The molecule has 1 amide bonds. The molecule has 0 spiro atoms. The highest BCUT2D eigenvalue weighted by molar-refractivity contribution is 7.91. The average molecular weight is 482 g/mol. The third-order valence-electron chi connectivity index (χ3n) is 6.55. The fraction of sp³-hybridized carbons (Fsp3) is 0.385. The van der Waals surface area contributed by atoms with Crippen LogP contribution in [0, 0.1) is 5.92 Å². The minimum absolute atomic E-state index is 0.0101. The van der Waals surface area contributed by atoms with E-state index in [2.05, 4.69) is 13.8 Å². The van der Waals surface area contributed by atoms with E-state index in [0.717, 1.165) is 6.42 Å². The van der Waals surface area contributed by atoms with Gasteiger partial charge in [0.05, 0.1) is 35.1 Å². The highest BCUT2D eigenvalue weighted by atomic mass is 32.2. The van der Waals surface area contributed by atoms with Crippen LogP contribution in [0.4, 0.5) is 0 Å². The van der Waals surface area contributed by atoms with Gasteiger partial charge in [0.1, 0.15) is 11.3 Å². The van der Waals surface area contributed by atoms with Crippen molar-refractivity contribution in [3.63, 3.8) is 0 Å². The molecule has 2 aromatic carbocycles. The fourth-order valence-electron chi connectivity index (χ4n) is 4.82. The Hall–Kier alpha value is -3.13. The number of sulfone groups is 1. The number of nitrogens with zero attached hydrogens (tertiary/aromatic N) is 1. The first-order chi connectivity index (χ1) is 16.2. The molecule has 0 bridgehead atoms. The van der Waals surface area contributed by atoms with Gasteiger partial charge >= 0.3 is 0 Å². The van der Waals surface area contributed by atoms with Crippen LogP contribution in [0.5, 0.6) is 5.75 Å². The lowest BCUT2D eigenvalue weighted by atomic mass is 9.97. The van der Waals surface area contributed by atoms with Crippen LogP contribution in [0.15, 0.2) is 57.7 Å². The zero-order valence-electron chi connectivity index (χ0n) is 19.2. The molecule has 7 nitrogen and oxygen atoms in total. The summed E-state index contributed by atoms with van der Waals surface area (Å²) >= 11 is 0. The van der Waals surface area contributed by atoms with E-state index in [9.17, 15) is 18.0 Å². The molecule has 0 N–H and O–H groups in total. The highest BCUT2D eigenvalue weighted by Gasteiger charge is 2.48. The lowest BCUT2D eigenvalue weighted by Gasteiger charge is -2.30. The molecule has 8 heteroatoms. The molecule has 0 radical (unpaired) electrons. The van der Waals surface area contributed by atoms with Crippen LogP contribution in [0.2, 0.25) is 0 Å². The molecule has 178 valence electrons. The first-order valence-electron chi connectivity index (χ1n) is 11.6. The van der Waals surface area contributed by atoms with Gasteiger partial charge in [0.15, 0.2) is 15.3 Å². The van der Waals surface area contributed by atoms with E-state index in [1.807, 2.05) is 24.3 Å². The first-order valence-corrected chi connectivity index (χ1v) is 13.4. The molecule has 1 fully saturated rings. The van der Waals surface area contributed by atoms with Gasteiger partial charge in [-0.3, -0.25) is 9.59 Å². The number of fused-ring (bicyclic) bond motifs is 2.